The molecule has 0 aromatic carbocycles. The van der Waals surface area contributed by atoms with Gasteiger partial charge in [-0.3, -0.25) is 9.69 Å². The maximum Gasteiger partial charge on any atom is 0.211 e. The molecule has 0 aliphatic carbocycles. The summed E-state index contributed by atoms with van der Waals surface area (Å²) in [4.78, 5) is 14.0. The number of likely N-dealkylation sites (tertiary alicyclic amines) is 1. The van der Waals surface area contributed by atoms with Crippen molar-refractivity contribution in [1.82, 2.24) is 4.90 Å². The van der Waals surface area contributed by atoms with Gasteiger partial charge in [-0.15, -0.1) is 0 Å². The van der Waals surface area contributed by atoms with Gasteiger partial charge in [-0.25, -0.2) is 0 Å². The number of ketones is 1. The molecule has 88 valence electrons. The Labute approximate surface area is 95.4 Å². The zero-order valence-corrected chi connectivity index (χ0v) is 9.39. The third-order valence-corrected chi connectivity index (χ3v) is 3.10. The van der Waals surface area contributed by atoms with E-state index >= 15 is 0 Å². The number of Topliss-reactive ketones (excluding diaryl/α,β-unsaturated/α-hetero) is 1. The van der Waals surface area contributed by atoms with Gasteiger partial charge in [-0.1, -0.05) is 0 Å². The maximum atomic E-state index is 11.8. The minimum atomic E-state index is 0.0580. The zero-order valence-electron chi connectivity index (χ0n) is 9.39. The third kappa shape index (κ3) is 2.71. The molecule has 1 aromatic heterocycles. The monoisotopic (exact) mass is 222 g/mol. The summed E-state index contributed by atoms with van der Waals surface area (Å²) in [5, 5.41) is 0. The number of carbonyl (C=O) groups excluding carboxylic acids is 1. The Morgan fingerprint density at radius 3 is 3.19 bits per heavy atom. The normalized spacial score (nSPS) is 22.2. The van der Waals surface area contributed by atoms with Crippen molar-refractivity contribution in [3.63, 3.8) is 0 Å². The highest BCUT2D eigenvalue weighted by Crippen LogP contribution is 2.15. The van der Waals surface area contributed by atoms with Gasteiger partial charge in [0.25, 0.3) is 0 Å². The van der Waals surface area contributed by atoms with Crippen LogP contribution in [-0.4, -0.2) is 36.9 Å². The molecule has 0 bridgehead atoms. The number of hydrogen-bond donors (Lipinski definition) is 1. The number of hydrogen-bond acceptors (Lipinski definition) is 4. The van der Waals surface area contributed by atoms with Crippen LogP contribution in [0.5, 0.6) is 0 Å². The van der Waals surface area contributed by atoms with E-state index in [0.717, 1.165) is 19.5 Å². The Morgan fingerprint density at radius 1 is 1.62 bits per heavy atom. The summed E-state index contributed by atoms with van der Waals surface area (Å²) in [7, 11) is 0. The zero-order chi connectivity index (χ0) is 11.4. The van der Waals surface area contributed by atoms with Crippen molar-refractivity contribution < 1.29 is 9.21 Å². The molecule has 0 amide bonds. The number of furan rings is 1. The van der Waals surface area contributed by atoms with Crippen molar-refractivity contribution >= 4 is 5.78 Å². The molecule has 0 unspecified atom stereocenters. The lowest BCUT2D eigenvalue weighted by molar-refractivity contribution is 0.0862. The van der Waals surface area contributed by atoms with Crippen LogP contribution >= 0.6 is 0 Å². The van der Waals surface area contributed by atoms with Gasteiger partial charge in [0.15, 0.2) is 5.76 Å². The lowest BCUT2D eigenvalue weighted by Crippen LogP contribution is -2.40. The molecule has 1 aliphatic rings. The Balaban J connectivity index is 1.87. The van der Waals surface area contributed by atoms with E-state index in [4.69, 9.17) is 10.2 Å². The first-order valence-corrected chi connectivity index (χ1v) is 5.78. The molecule has 2 N–H and O–H groups in total. The van der Waals surface area contributed by atoms with Crippen LogP contribution in [0.3, 0.4) is 0 Å². The molecular weight excluding hydrogens is 204 g/mol. The lowest BCUT2D eigenvalue weighted by atomic mass is 9.98. The SMILES string of the molecule is NC[C@H]1CCCN(CC(=O)c2ccco2)C1. The Morgan fingerprint density at radius 2 is 2.50 bits per heavy atom. The highest BCUT2D eigenvalue weighted by molar-refractivity contribution is 5.94. The fraction of sp³-hybridized carbons (Fsp3) is 0.583. The van der Waals surface area contributed by atoms with Crippen LogP contribution in [0.25, 0.3) is 0 Å². The molecule has 0 saturated carbocycles. The smallest absolute Gasteiger partial charge is 0.211 e. The van der Waals surface area contributed by atoms with Gasteiger partial charge < -0.3 is 10.2 Å². The van der Waals surface area contributed by atoms with Crippen LogP contribution in [0.2, 0.25) is 0 Å². The average molecular weight is 222 g/mol. The highest BCUT2D eigenvalue weighted by Gasteiger charge is 2.21. The van der Waals surface area contributed by atoms with E-state index in [1.807, 2.05) is 0 Å². The van der Waals surface area contributed by atoms with Crippen LogP contribution in [0.4, 0.5) is 0 Å². The number of carbonyl (C=O) groups is 1. The second kappa shape index (κ2) is 5.27. The minimum absolute atomic E-state index is 0.0580. The Kier molecular flexibility index (Phi) is 3.74. The standard InChI is InChI=1S/C12H18N2O2/c13-7-10-3-1-5-14(8-10)9-11(15)12-4-2-6-16-12/h2,4,6,10H,1,3,5,7-9,13H2/t10-/m1/s1. The largest absolute Gasteiger partial charge is 0.461 e. The molecule has 1 aliphatic heterocycles. The van der Waals surface area contributed by atoms with Crippen LogP contribution in [0.1, 0.15) is 23.4 Å². The molecule has 16 heavy (non-hydrogen) atoms. The van der Waals surface area contributed by atoms with Crippen LogP contribution < -0.4 is 5.73 Å². The molecule has 2 rings (SSSR count). The van der Waals surface area contributed by atoms with Gasteiger partial charge in [0.05, 0.1) is 12.8 Å². The molecule has 1 atom stereocenters. The quantitative estimate of drug-likeness (QED) is 0.776. The molecule has 0 spiro atoms. The number of nitrogens with zero attached hydrogens (tertiary/aromatic N) is 1. The van der Waals surface area contributed by atoms with E-state index in [-0.39, 0.29) is 5.78 Å². The van der Waals surface area contributed by atoms with Crippen LogP contribution in [-0.2, 0) is 0 Å². The summed E-state index contributed by atoms with van der Waals surface area (Å²) in [6.07, 6.45) is 3.85. The summed E-state index contributed by atoms with van der Waals surface area (Å²) in [6.45, 7) is 3.08. The van der Waals surface area contributed by atoms with Crippen molar-refractivity contribution in [2.45, 2.75) is 12.8 Å². The Hall–Kier alpha value is -1.13. The summed E-state index contributed by atoms with van der Waals surface area (Å²) in [5.74, 6) is 1.05. The first-order valence-electron chi connectivity index (χ1n) is 5.78. The molecule has 0 radical (unpaired) electrons. The Bertz CT molecular complexity index is 335. The minimum Gasteiger partial charge on any atom is -0.461 e. The first-order chi connectivity index (χ1) is 7.79. The van der Waals surface area contributed by atoms with Crippen molar-refractivity contribution in [2.75, 3.05) is 26.2 Å². The number of nitrogens with two attached hydrogens (primary N) is 1. The van der Waals surface area contributed by atoms with Crippen molar-refractivity contribution in [2.24, 2.45) is 11.7 Å². The average Bonchev–Trinajstić information content (AvgIpc) is 2.83. The summed E-state index contributed by atoms with van der Waals surface area (Å²) in [5.41, 5.74) is 5.66. The van der Waals surface area contributed by atoms with Crippen LogP contribution in [0.15, 0.2) is 22.8 Å². The molecule has 1 aromatic rings. The van der Waals surface area contributed by atoms with E-state index in [1.54, 1.807) is 12.1 Å². The lowest BCUT2D eigenvalue weighted by Gasteiger charge is -2.31. The summed E-state index contributed by atoms with van der Waals surface area (Å²) < 4.78 is 5.09. The van der Waals surface area contributed by atoms with Crippen LogP contribution in [0, 0.1) is 5.92 Å². The highest BCUT2D eigenvalue weighted by atomic mass is 16.3. The maximum absolute atomic E-state index is 11.8. The molecular formula is C12H18N2O2. The van der Waals surface area contributed by atoms with E-state index < -0.39 is 0 Å². The van der Waals surface area contributed by atoms with E-state index in [0.29, 0.717) is 24.8 Å². The molecule has 2 heterocycles. The van der Waals surface area contributed by atoms with Gasteiger partial charge in [0.1, 0.15) is 0 Å². The van der Waals surface area contributed by atoms with Gasteiger partial charge in [0, 0.05) is 6.54 Å². The second-order valence-electron chi connectivity index (χ2n) is 4.38. The third-order valence-electron chi connectivity index (χ3n) is 3.10. The molecule has 4 nitrogen and oxygen atoms in total. The molecule has 1 saturated heterocycles. The fourth-order valence-electron chi connectivity index (χ4n) is 2.21. The second-order valence-corrected chi connectivity index (χ2v) is 4.38. The summed E-state index contributed by atoms with van der Waals surface area (Å²) >= 11 is 0. The van der Waals surface area contributed by atoms with Crippen molar-refractivity contribution in [3.05, 3.63) is 24.2 Å². The molecule has 1 fully saturated rings. The number of rotatable bonds is 4. The topological polar surface area (TPSA) is 59.5 Å². The predicted octanol–water partition coefficient (Wildman–Crippen LogP) is 1.13. The number of piperidine rings is 1. The first kappa shape index (κ1) is 11.4. The van der Waals surface area contributed by atoms with Gasteiger partial charge in [-0.05, 0) is 44.0 Å². The molecule has 4 heteroatoms. The van der Waals surface area contributed by atoms with E-state index in [1.165, 1.54) is 12.7 Å². The van der Waals surface area contributed by atoms with E-state index in [2.05, 4.69) is 4.90 Å². The van der Waals surface area contributed by atoms with Gasteiger partial charge in [-0.2, -0.15) is 0 Å². The van der Waals surface area contributed by atoms with E-state index in [9.17, 15) is 4.79 Å². The van der Waals surface area contributed by atoms with Gasteiger partial charge >= 0.3 is 0 Å². The summed E-state index contributed by atoms with van der Waals surface area (Å²) in [6, 6.07) is 3.46. The van der Waals surface area contributed by atoms with Gasteiger partial charge in [0.2, 0.25) is 5.78 Å². The predicted molar refractivity (Wildman–Crippen MR) is 61.3 cm³/mol. The van der Waals surface area contributed by atoms with Crippen molar-refractivity contribution in [1.29, 1.82) is 0 Å². The fourth-order valence-corrected chi connectivity index (χ4v) is 2.21. The van der Waals surface area contributed by atoms with Crippen molar-refractivity contribution in [3.8, 4) is 0 Å².